The Labute approximate surface area is 188 Å². The lowest BCUT2D eigenvalue weighted by molar-refractivity contribution is -0.138. The maximum atomic E-state index is 12.4. The Morgan fingerprint density at radius 3 is 2.28 bits per heavy atom. The monoisotopic (exact) mass is 451 g/mol. The number of carboxylic acid groups (broad SMARTS) is 1. The summed E-state index contributed by atoms with van der Waals surface area (Å²) >= 11 is 0.957. The van der Waals surface area contributed by atoms with Crippen molar-refractivity contribution < 1.29 is 24.2 Å². The first-order chi connectivity index (χ1) is 15.3. The normalized spacial score (nSPS) is 13.1. The minimum absolute atomic E-state index is 0.0648. The second-order valence-corrected chi connectivity index (χ2v) is 8.42. The van der Waals surface area contributed by atoms with Gasteiger partial charge >= 0.3 is 12.1 Å². The van der Waals surface area contributed by atoms with Crippen LogP contribution in [0.1, 0.15) is 39.3 Å². The molecule has 3 N–H and O–H groups in total. The molecule has 0 fully saturated rings. The van der Waals surface area contributed by atoms with Gasteiger partial charge in [-0.05, 0) is 36.1 Å². The summed E-state index contributed by atoms with van der Waals surface area (Å²) in [5.74, 6) is -1.77. The average Bonchev–Trinajstić information content (AvgIpc) is 3.29. The van der Waals surface area contributed by atoms with Crippen LogP contribution in [0.2, 0.25) is 0 Å². The molecule has 4 rings (SSSR count). The Morgan fingerprint density at radius 2 is 1.69 bits per heavy atom. The topological polar surface area (TPSA) is 118 Å². The van der Waals surface area contributed by atoms with Crippen molar-refractivity contribution in [3.05, 3.63) is 70.2 Å². The number of thiazole rings is 1. The second kappa shape index (κ2) is 8.80. The molecule has 0 bridgehead atoms. The van der Waals surface area contributed by atoms with E-state index in [-0.39, 0.29) is 22.5 Å². The second-order valence-electron chi connectivity index (χ2n) is 7.42. The maximum Gasteiger partial charge on any atom is 0.413 e. The van der Waals surface area contributed by atoms with Gasteiger partial charge in [0.15, 0.2) is 5.13 Å². The van der Waals surface area contributed by atoms with Crippen molar-refractivity contribution in [2.24, 2.45) is 0 Å². The van der Waals surface area contributed by atoms with Crippen LogP contribution in [0.5, 0.6) is 0 Å². The SMILES string of the molecule is Cc1nc(NC(=O)OCC2c3ccccc3-c3ccccc32)sc1C(=O)N[C@H](C)C(=O)O. The molecule has 1 atom stereocenters. The lowest BCUT2D eigenvalue weighted by Crippen LogP contribution is -2.38. The van der Waals surface area contributed by atoms with Crippen LogP contribution in [0.4, 0.5) is 9.93 Å². The number of benzene rings is 2. The van der Waals surface area contributed by atoms with Gasteiger partial charge < -0.3 is 15.2 Å². The minimum atomic E-state index is -1.14. The highest BCUT2D eigenvalue weighted by molar-refractivity contribution is 7.17. The molecule has 164 valence electrons. The van der Waals surface area contributed by atoms with Crippen LogP contribution in [0.15, 0.2) is 48.5 Å². The van der Waals surface area contributed by atoms with Gasteiger partial charge in [0, 0.05) is 5.92 Å². The molecule has 0 spiro atoms. The Hall–Kier alpha value is -3.72. The number of aliphatic carboxylic acids is 1. The van der Waals surface area contributed by atoms with Gasteiger partial charge in [-0.1, -0.05) is 59.9 Å². The first-order valence-corrected chi connectivity index (χ1v) is 10.8. The molecular formula is C23H21N3O5S. The molecule has 1 aliphatic carbocycles. The molecule has 9 heteroatoms. The van der Waals surface area contributed by atoms with Crippen LogP contribution >= 0.6 is 11.3 Å². The highest BCUT2D eigenvalue weighted by Crippen LogP contribution is 2.44. The first kappa shape index (κ1) is 21.5. The molecule has 0 unspecified atom stereocenters. The van der Waals surface area contributed by atoms with E-state index in [4.69, 9.17) is 9.84 Å². The number of aromatic nitrogens is 1. The molecule has 1 aromatic heterocycles. The van der Waals surface area contributed by atoms with E-state index in [0.29, 0.717) is 5.69 Å². The number of hydrogen-bond acceptors (Lipinski definition) is 6. The molecule has 1 aliphatic rings. The molecule has 32 heavy (non-hydrogen) atoms. The minimum Gasteiger partial charge on any atom is -0.480 e. The van der Waals surface area contributed by atoms with Crippen molar-refractivity contribution in [1.82, 2.24) is 10.3 Å². The predicted octanol–water partition coefficient (Wildman–Crippen LogP) is 4.02. The first-order valence-electron chi connectivity index (χ1n) is 9.98. The number of ether oxygens (including phenoxy) is 1. The molecule has 3 aromatic rings. The van der Waals surface area contributed by atoms with Gasteiger partial charge in [-0.3, -0.25) is 14.9 Å². The van der Waals surface area contributed by atoms with Crippen LogP contribution in [0.25, 0.3) is 11.1 Å². The molecule has 0 saturated heterocycles. The molecule has 1 heterocycles. The zero-order chi connectivity index (χ0) is 22.8. The van der Waals surface area contributed by atoms with E-state index in [1.54, 1.807) is 6.92 Å². The van der Waals surface area contributed by atoms with Gasteiger partial charge in [-0.15, -0.1) is 0 Å². The number of aryl methyl sites for hydroxylation is 1. The van der Waals surface area contributed by atoms with Crippen LogP contribution in [-0.4, -0.2) is 40.7 Å². The summed E-state index contributed by atoms with van der Waals surface area (Å²) < 4.78 is 5.49. The van der Waals surface area contributed by atoms with Gasteiger partial charge in [0.2, 0.25) is 0 Å². The van der Waals surface area contributed by atoms with E-state index in [0.717, 1.165) is 33.6 Å². The Kier molecular flexibility index (Phi) is 5.91. The number of carboxylic acids is 1. The number of amides is 2. The van der Waals surface area contributed by atoms with Gasteiger partial charge in [0.1, 0.15) is 17.5 Å². The van der Waals surface area contributed by atoms with Crippen molar-refractivity contribution in [3.63, 3.8) is 0 Å². The predicted molar refractivity (Wildman–Crippen MR) is 120 cm³/mol. The average molecular weight is 452 g/mol. The van der Waals surface area contributed by atoms with Gasteiger partial charge in [-0.25, -0.2) is 9.78 Å². The number of anilines is 1. The maximum absolute atomic E-state index is 12.4. The zero-order valence-corrected chi connectivity index (χ0v) is 18.2. The lowest BCUT2D eigenvalue weighted by atomic mass is 9.98. The largest absolute Gasteiger partial charge is 0.480 e. The number of carbonyl (C=O) groups excluding carboxylic acids is 2. The molecule has 0 aliphatic heterocycles. The summed E-state index contributed by atoms with van der Waals surface area (Å²) in [5, 5.41) is 14.1. The summed E-state index contributed by atoms with van der Waals surface area (Å²) in [6, 6.07) is 15.1. The highest BCUT2D eigenvalue weighted by atomic mass is 32.1. The van der Waals surface area contributed by atoms with E-state index in [1.807, 2.05) is 36.4 Å². The summed E-state index contributed by atoms with van der Waals surface area (Å²) in [6.07, 6.45) is -0.675. The molecule has 8 nitrogen and oxygen atoms in total. The molecule has 2 amide bonds. The molecular weight excluding hydrogens is 430 g/mol. The van der Waals surface area contributed by atoms with Crippen molar-refractivity contribution in [2.45, 2.75) is 25.8 Å². The summed E-state index contributed by atoms with van der Waals surface area (Å²) in [7, 11) is 0. The standard InChI is InChI=1S/C23H21N3O5S/c1-12-19(20(27)24-13(2)21(28)29)32-22(25-12)26-23(30)31-11-18-16-9-5-3-7-14(16)15-8-4-6-10-17(15)18/h3-10,13,18H,11H2,1-2H3,(H,24,27)(H,28,29)(H,25,26,30)/t13-/m1/s1. The number of nitrogens with zero attached hydrogens (tertiary/aromatic N) is 1. The van der Waals surface area contributed by atoms with Crippen LogP contribution in [0, 0.1) is 6.92 Å². The van der Waals surface area contributed by atoms with Gasteiger partial charge in [0.25, 0.3) is 5.91 Å². The number of rotatable bonds is 6. The smallest absolute Gasteiger partial charge is 0.413 e. The Balaban J connectivity index is 1.41. The summed E-state index contributed by atoms with van der Waals surface area (Å²) in [4.78, 5) is 40.0. The fourth-order valence-corrected chi connectivity index (χ4v) is 4.56. The third kappa shape index (κ3) is 4.19. The Bertz CT molecular complexity index is 1160. The lowest BCUT2D eigenvalue weighted by Gasteiger charge is -2.14. The highest BCUT2D eigenvalue weighted by Gasteiger charge is 2.29. The molecule has 0 radical (unpaired) electrons. The fraction of sp³-hybridized carbons (Fsp3) is 0.217. The fourth-order valence-electron chi connectivity index (χ4n) is 3.71. The van der Waals surface area contributed by atoms with E-state index in [1.165, 1.54) is 6.92 Å². The van der Waals surface area contributed by atoms with E-state index in [9.17, 15) is 14.4 Å². The third-order valence-corrected chi connectivity index (χ3v) is 6.35. The van der Waals surface area contributed by atoms with E-state index < -0.39 is 24.0 Å². The van der Waals surface area contributed by atoms with Crippen LogP contribution in [-0.2, 0) is 9.53 Å². The van der Waals surface area contributed by atoms with E-state index >= 15 is 0 Å². The van der Waals surface area contributed by atoms with Gasteiger partial charge in [-0.2, -0.15) is 0 Å². The number of nitrogens with one attached hydrogen (secondary N) is 2. The number of carbonyl (C=O) groups is 3. The number of hydrogen-bond donors (Lipinski definition) is 3. The Morgan fingerprint density at radius 1 is 1.09 bits per heavy atom. The zero-order valence-electron chi connectivity index (χ0n) is 17.4. The summed E-state index contributed by atoms with van der Waals surface area (Å²) in [6.45, 7) is 3.14. The number of fused-ring (bicyclic) bond motifs is 3. The molecule has 0 saturated carbocycles. The third-order valence-electron chi connectivity index (χ3n) is 5.27. The van der Waals surface area contributed by atoms with Crippen LogP contribution < -0.4 is 10.6 Å². The summed E-state index contributed by atoms with van der Waals surface area (Å²) in [5.41, 5.74) is 4.88. The van der Waals surface area contributed by atoms with Crippen molar-refractivity contribution in [2.75, 3.05) is 11.9 Å². The van der Waals surface area contributed by atoms with E-state index in [2.05, 4.69) is 27.8 Å². The van der Waals surface area contributed by atoms with Crippen LogP contribution in [0.3, 0.4) is 0 Å². The van der Waals surface area contributed by atoms with Crippen molar-refractivity contribution in [3.8, 4) is 11.1 Å². The van der Waals surface area contributed by atoms with Gasteiger partial charge in [0.05, 0.1) is 5.69 Å². The van der Waals surface area contributed by atoms with Crippen molar-refractivity contribution in [1.29, 1.82) is 0 Å². The molecule has 2 aromatic carbocycles. The van der Waals surface area contributed by atoms with Crippen molar-refractivity contribution >= 4 is 34.4 Å². The quantitative estimate of drug-likeness (QED) is 0.521.